The first-order valence-corrected chi connectivity index (χ1v) is 6.56. The Morgan fingerprint density at radius 1 is 1.40 bits per heavy atom. The van der Waals surface area contributed by atoms with E-state index in [9.17, 15) is 9.59 Å². The van der Waals surface area contributed by atoms with Gasteiger partial charge in [0.25, 0.3) is 0 Å². The summed E-state index contributed by atoms with van der Waals surface area (Å²) in [6.45, 7) is 0.902. The molecule has 5 heteroatoms. The highest BCUT2D eigenvalue weighted by Crippen LogP contribution is 2.22. The molecule has 4 nitrogen and oxygen atoms in total. The lowest BCUT2D eigenvalue weighted by atomic mass is 10.0. The summed E-state index contributed by atoms with van der Waals surface area (Å²) in [5.74, 6) is 2.83. The Morgan fingerprint density at radius 2 is 2.27 bits per heavy atom. The van der Waals surface area contributed by atoms with E-state index in [1.54, 1.807) is 0 Å². The summed E-state index contributed by atoms with van der Waals surface area (Å²) < 4.78 is 0. The summed E-state index contributed by atoms with van der Waals surface area (Å²) in [7, 11) is 0. The molecule has 2 saturated heterocycles. The van der Waals surface area contributed by atoms with Crippen molar-refractivity contribution in [3.63, 3.8) is 0 Å². The maximum Gasteiger partial charge on any atom is 0.243 e. The molecular weight excluding hydrogens is 212 g/mol. The van der Waals surface area contributed by atoms with Crippen LogP contribution < -0.4 is 10.6 Å². The fourth-order valence-electron chi connectivity index (χ4n) is 1.94. The summed E-state index contributed by atoms with van der Waals surface area (Å²) in [6, 6.07) is -0.159. The molecule has 0 saturated carbocycles. The molecule has 0 aromatic rings. The highest BCUT2D eigenvalue weighted by molar-refractivity contribution is 7.99. The summed E-state index contributed by atoms with van der Waals surface area (Å²) in [6.07, 6.45) is 2.35. The van der Waals surface area contributed by atoms with Crippen LogP contribution in [0.3, 0.4) is 0 Å². The Balaban J connectivity index is 1.74. The standard InChI is InChI=1S/C10H16N2O2S/c13-9-2-1-8(10(14)12-9)11-5-7-3-4-15-6-7/h7-8,11H,1-6H2,(H,12,13,14). The number of imide groups is 1. The lowest BCUT2D eigenvalue weighted by Crippen LogP contribution is -2.51. The van der Waals surface area contributed by atoms with Crippen LogP contribution in [0.2, 0.25) is 0 Å². The van der Waals surface area contributed by atoms with E-state index in [0.29, 0.717) is 18.8 Å². The topological polar surface area (TPSA) is 58.2 Å². The number of hydrogen-bond donors (Lipinski definition) is 2. The van der Waals surface area contributed by atoms with Crippen LogP contribution in [0, 0.1) is 5.92 Å². The van der Waals surface area contributed by atoms with Gasteiger partial charge in [-0.1, -0.05) is 0 Å². The third-order valence-corrected chi connectivity index (χ3v) is 4.15. The predicted molar refractivity (Wildman–Crippen MR) is 59.6 cm³/mol. The van der Waals surface area contributed by atoms with Crippen LogP contribution in [0.25, 0.3) is 0 Å². The van der Waals surface area contributed by atoms with Gasteiger partial charge < -0.3 is 5.32 Å². The molecule has 0 aromatic carbocycles. The van der Waals surface area contributed by atoms with Gasteiger partial charge >= 0.3 is 0 Å². The van der Waals surface area contributed by atoms with Crippen molar-refractivity contribution in [1.82, 2.24) is 10.6 Å². The predicted octanol–water partition coefficient (Wildman–Crippen LogP) is 0.134. The number of nitrogens with one attached hydrogen (secondary N) is 2. The van der Waals surface area contributed by atoms with Crippen molar-refractivity contribution in [1.29, 1.82) is 0 Å². The average molecular weight is 228 g/mol. The van der Waals surface area contributed by atoms with E-state index in [2.05, 4.69) is 10.6 Å². The second kappa shape index (κ2) is 4.99. The SMILES string of the molecule is O=C1CCC(NCC2CCSC2)C(=O)N1. The van der Waals surface area contributed by atoms with Gasteiger partial charge in [0.1, 0.15) is 0 Å². The molecule has 2 unspecified atom stereocenters. The van der Waals surface area contributed by atoms with Crippen LogP contribution in [-0.4, -0.2) is 35.9 Å². The molecular formula is C10H16N2O2S. The van der Waals surface area contributed by atoms with Crippen LogP contribution in [0.1, 0.15) is 19.3 Å². The molecule has 2 aliphatic heterocycles. The fraction of sp³-hybridized carbons (Fsp3) is 0.800. The molecule has 2 aliphatic rings. The largest absolute Gasteiger partial charge is 0.306 e. The monoisotopic (exact) mass is 228 g/mol. The lowest BCUT2D eigenvalue weighted by Gasteiger charge is -2.23. The van der Waals surface area contributed by atoms with E-state index >= 15 is 0 Å². The molecule has 2 fully saturated rings. The Morgan fingerprint density at radius 3 is 2.93 bits per heavy atom. The van der Waals surface area contributed by atoms with Gasteiger partial charge in [-0.3, -0.25) is 14.9 Å². The quantitative estimate of drug-likeness (QED) is 0.674. The van der Waals surface area contributed by atoms with E-state index in [4.69, 9.17) is 0 Å². The van der Waals surface area contributed by atoms with E-state index in [-0.39, 0.29) is 17.9 Å². The van der Waals surface area contributed by atoms with Crippen molar-refractivity contribution >= 4 is 23.6 Å². The third-order valence-electron chi connectivity index (χ3n) is 2.92. The number of rotatable bonds is 3. The van der Waals surface area contributed by atoms with Crippen molar-refractivity contribution < 1.29 is 9.59 Å². The van der Waals surface area contributed by atoms with Crippen molar-refractivity contribution in [2.45, 2.75) is 25.3 Å². The van der Waals surface area contributed by atoms with Crippen molar-refractivity contribution in [2.24, 2.45) is 5.92 Å². The smallest absolute Gasteiger partial charge is 0.243 e. The first-order chi connectivity index (χ1) is 7.25. The van der Waals surface area contributed by atoms with Crippen molar-refractivity contribution in [3.8, 4) is 0 Å². The highest BCUT2D eigenvalue weighted by Gasteiger charge is 2.27. The zero-order valence-electron chi connectivity index (χ0n) is 8.62. The molecule has 2 atom stereocenters. The number of piperidine rings is 1. The molecule has 15 heavy (non-hydrogen) atoms. The Hall–Kier alpha value is -0.550. The molecule has 0 radical (unpaired) electrons. The van der Waals surface area contributed by atoms with Gasteiger partial charge in [0.15, 0.2) is 0 Å². The second-order valence-electron chi connectivity index (χ2n) is 4.14. The van der Waals surface area contributed by atoms with Gasteiger partial charge in [0.2, 0.25) is 11.8 Å². The molecule has 0 aliphatic carbocycles. The maximum atomic E-state index is 11.4. The molecule has 2 rings (SSSR count). The molecule has 0 spiro atoms. The first kappa shape index (κ1) is 11.0. The van der Waals surface area contributed by atoms with Gasteiger partial charge in [-0.25, -0.2) is 0 Å². The summed E-state index contributed by atoms with van der Waals surface area (Å²) in [4.78, 5) is 22.3. The molecule has 0 bridgehead atoms. The van der Waals surface area contributed by atoms with E-state index in [0.717, 1.165) is 6.54 Å². The number of carbonyl (C=O) groups excluding carboxylic acids is 2. The minimum absolute atomic E-state index is 0.144. The lowest BCUT2D eigenvalue weighted by molar-refractivity contribution is -0.134. The molecule has 2 amide bonds. The average Bonchev–Trinajstić information content (AvgIpc) is 2.69. The van der Waals surface area contributed by atoms with Crippen LogP contribution in [0.15, 0.2) is 0 Å². The van der Waals surface area contributed by atoms with Gasteiger partial charge in [-0.15, -0.1) is 0 Å². The van der Waals surface area contributed by atoms with Gasteiger partial charge in [-0.2, -0.15) is 11.8 Å². The van der Waals surface area contributed by atoms with Gasteiger partial charge in [0, 0.05) is 6.42 Å². The maximum absolute atomic E-state index is 11.4. The molecule has 2 heterocycles. The Kier molecular flexibility index (Phi) is 3.64. The van der Waals surface area contributed by atoms with E-state index in [1.807, 2.05) is 11.8 Å². The van der Waals surface area contributed by atoms with Crippen molar-refractivity contribution in [3.05, 3.63) is 0 Å². The Bertz CT molecular complexity index is 264. The number of thioether (sulfide) groups is 1. The molecule has 0 aromatic heterocycles. The normalized spacial score (nSPS) is 31.7. The zero-order chi connectivity index (χ0) is 10.7. The van der Waals surface area contributed by atoms with Crippen molar-refractivity contribution in [2.75, 3.05) is 18.1 Å². The fourth-order valence-corrected chi connectivity index (χ4v) is 3.23. The Labute approximate surface area is 93.6 Å². The van der Waals surface area contributed by atoms with E-state index in [1.165, 1.54) is 17.9 Å². The van der Waals surface area contributed by atoms with Crippen LogP contribution in [0.5, 0.6) is 0 Å². The number of amides is 2. The highest BCUT2D eigenvalue weighted by atomic mass is 32.2. The minimum atomic E-state index is -0.159. The van der Waals surface area contributed by atoms with Crippen LogP contribution in [0.4, 0.5) is 0 Å². The molecule has 84 valence electrons. The zero-order valence-corrected chi connectivity index (χ0v) is 9.44. The van der Waals surface area contributed by atoms with Gasteiger partial charge in [-0.05, 0) is 36.8 Å². The number of hydrogen-bond acceptors (Lipinski definition) is 4. The number of carbonyl (C=O) groups is 2. The first-order valence-electron chi connectivity index (χ1n) is 5.40. The summed E-state index contributed by atoms with van der Waals surface area (Å²) in [5, 5.41) is 5.62. The third kappa shape index (κ3) is 2.95. The van der Waals surface area contributed by atoms with Gasteiger partial charge in [0.05, 0.1) is 6.04 Å². The summed E-state index contributed by atoms with van der Waals surface area (Å²) >= 11 is 1.98. The van der Waals surface area contributed by atoms with E-state index < -0.39 is 0 Å². The minimum Gasteiger partial charge on any atom is -0.306 e. The second-order valence-corrected chi connectivity index (χ2v) is 5.29. The van der Waals surface area contributed by atoms with Crippen LogP contribution >= 0.6 is 11.8 Å². The van der Waals surface area contributed by atoms with Crippen LogP contribution in [-0.2, 0) is 9.59 Å². The summed E-state index contributed by atoms with van der Waals surface area (Å²) in [5.41, 5.74) is 0. The molecule has 2 N–H and O–H groups in total.